The molecule has 0 saturated carbocycles. The molecule has 1 aliphatic rings. The lowest BCUT2D eigenvalue weighted by molar-refractivity contribution is 0.393. The Morgan fingerprint density at radius 1 is 1.50 bits per heavy atom. The number of anilines is 1. The maximum Gasteiger partial charge on any atom is 0.256 e. The molecule has 0 amide bonds. The third-order valence-electron chi connectivity index (χ3n) is 2.65. The Kier molecular flexibility index (Phi) is 2.71. The SMILES string of the molecule is COc1nnc(C2CCS(=O)(=O)C2)cc1N. The van der Waals surface area contributed by atoms with Crippen molar-refractivity contribution in [1.29, 1.82) is 0 Å². The van der Waals surface area contributed by atoms with Crippen molar-refractivity contribution in [2.75, 3.05) is 24.3 Å². The van der Waals surface area contributed by atoms with Crippen molar-refractivity contribution in [3.05, 3.63) is 11.8 Å². The fourth-order valence-corrected chi connectivity index (χ4v) is 3.56. The van der Waals surface area contributed by atoms with Gasteiger partial charge in [0.15, 0.2) is 9.84 Å². The van der Waals surface area contributed by atoms with E-state index in [1.807, 2.05) is 0 Å². The van der Waals surface area contributed by atoms with Gasteiger partial charge in [0.25, 0.3) is 5.88 Å². The Hall–Kier alpha value is -1.37. The molecule has 1 saturated heterocycles. The molecule has 1 aromatic rings. The van der Waals surface area contributed by atoms with Gasteiger partial charge in [-0.25, -0.2) is 8.42 Å². The molecule has 0 radical (unpaired) electrons. The molecule has 0 spiro atoms. The molecular weight excluding hydrogens is 230 g/mol. The van der Waals surface area contributed by atoms with E-state index in [0.29, 0.717) is 17.8 Å². The van der Waals surface area contributed by atoms with E-state index in [0.717, 1.165) is 0 Å². The van der Waals surface area contributed by atoms with Crippen LogP contribution in [0.5, 0.6) is 5.88 Å². The summed E-state index contributed by atoms with van der Waals surface area (Å²) in [4.78, 5) is 0. The highest BCUT2D eigenvalue weighted by molar-refractivity contribution is 7.91. The van der Waals surface area contributed by atoms with E-state index in [4.69, 9.17) is 10.5 Å². The Bertz CT molecular complexity index is 501. The fourth-order valence-electron chi connectivity index (χ4n) is 1.80. The second-order valence-electron chi connectivity index (χ2n) is 3.83. The average molecular weight is 243 g/mol. The molecule has 88 valence electrons. The van der Waals surface area contributed by atoms with E-state index < -0.39 is 9.84 Å². The number of aromatic nitrogens is 2. The van der Waals surface area contributed by atoms with Crippen LogP contribution in [0.15, 0.2) is 6.07 Å². The van der Waals surface area contributed by atoms with E-state index in [1.54, 1.807) is 6.07 Å². The normalized spacial score (nSPS) is 23.2. The number of sulfone groups is 1. The molecule has 0 bridgehead atoms. The first-order valence-corrected chi connectivity index (χ1v) is 6.71. The van der Waals surface area contributed by atoms with Crippen LogP contribution >= 0.6 is 0 Å². The minimum atomic E-state index is -2.91. The zero-order valence-corrected chi connectivity index (χ0v) is 9.70. The van der Waals surface area contributed by atoms with Crippen LogP contribution in [0, 0.1) is 0 Å². The van der Waals surface area contributed by atoms with Crippen molar-refractivity contribution in [1.82, 2.24) is 10.2 Å². The molecule has 2 heterocycles. The maximum absolute atomic E-state index is 11.3. The number of ether oxygens (including phenoxy) is 1. The van der Waals surface area contributed by atoms with Crippen LogP contribution in [-0.2, 0) is 9.84 Å². The molecule has 2 N–H and O–H groups in total. The third-order valence-corrected chi connectivity index (χ3v) is 4.42. The number of nitrogens with two attached hydrogens (primary N) is 1. The molecule has 7 heteroatoms. The van der Waals surface area contributed by atoms with Crippen LogP contribution < -0.4 is 10.5 Å². The van der Waals surface area contributed by atoms with Gasteiger partial charge in [0.1, 0.15) is 0 Å². The predicted molar refractivity (Wildman–Crippen MR) is 59.0 cm³/mol. The van der Waals surface area contributed by atoms with Crippen LogP contribution in [-0.4, -0.2) is 37.2 Å². The number of nitrogen functional groups attached to an aromatic ring is 1. The van der Waals surface area contributed by atoms with Gasteiger partial charge in [-0.2, -0.15) is 5.10 Å². The summed E-state index contributed by atoms with van der Waals surface area (Å²) in [5.74, 6) is 0.522. The summed E-state index contributed by atoms with van der Waals surface area (Å²) in [5.41, 5.74) is 6.70. The van der Waals surface area contributed by atoms with Gasteiger partial charge in [-0.1, -0.05) is 0 Å². The van der Waals surface area contributed by atoms with Gasteiger partial charge in [0.2, 0.25) is 0 Å². The minimum Gasteiger partial charge on any atom is -0.478 e. The van der Waals surface area contributed by atoms with E-state index in [9.17, 15) is 8.42 Å². The summed E-state index contributed by atoms with van der Waals surface area (Å²) >= 11 is 0. The summed E-state index contributed by atoms with van der Waals surface area (Å²) in [5, 5.41) is 7.74. The number of rotatable bonds is 2. The standard InChI is InChI=1S/C9H13N3O3S/c1-15-9-7(10)4-8(11-12-9)6-2-3-16(13,14)5-6/h4,6H,2-3,5H2,1H3,(H2,10,11). The summed E-state index contributed by atoms with van der Waals surface area (Å²) in [6.45, 7) is 0. The molecule has 1 aliphatic heterocycles. The second kappa shape index (κ2) is 3.89. The Balaban J connectivity index is 2.26. The van der Waals surface area contributed by atoms with Crippen LogP contribution in [0.4, 0.5) is 5.69 Å². The highest BCUT2D eigenvalue weighted by Crippen LogP contribution is 2.29. The molecule has 6 nitrogen and oxygen atoms in total. The fraction of sp³-hybridized carbons (Fsp3) is 0.556. The van der Waals surface area contributed by atoms with Crippen LogP contribution in [0.2, 0.25) is 0 Å². The maximum atomic E-state index is 11.3. The first-order chi connectivity index (χ1) is 7.52. The first kappa shape index (κ1) is 11.1. The molecule has 1 aromatic heterocycles. The van der Waals surface area contributed by atoms with E-state index >= 15 is 0 Å². The lowest BCUT2D eigenvalue weighted by Crippen LogP contribution is -2.08. The van der Waals surface area contributed by atoms with E-state index in [2.05, 4.69) is 10.2 Å². The van der Waals surface area contributed by atoms with Gasteiger partial charge in [-0.15, -0.1) is 5.10 Å². The smallest absolute Gasteiger partial charge is 0.256 e. The van der Waals surface area contributed by atoms with Crippen molar-refractivity contribution < 1.29 is 13.2 Å². The number of methoxy groups -OCH3 is 1. The van der Waals surface area contributed by atoms with Crippen molar-refractivity contribution in [3.8, 4) is 5.88 Å². The number of hydrogen-bond donors (Lipinski definition) is 1. The molecule has 2 rings (SSSR count). The lowest BCUT2D eigenvalue weighted by atomic mass is 10.0. The molecule has 1 fully saturated rings. The van der Waals surface area contributed by atoms with Crippen molar-refractivity contribution in [2.24, 2.45) is 0 Å². The summed E-state index contributed by atoms with van der Waals surface area (Å²) < 4.78 is 27.5. The highest BCUT2D eigenvalue weighted by atomic mass is 32.2. The van der Waals surface area contributed by atoms with Gasteiger partial charge in [-0.3, -0.25) is 0 Å². The molecule has 0 aliphatic carbocycles. The van der Waals surface area contributed by atoms with Gasteiger partial charge >= 0.3 is 0 Å². The number of hydrogen-bond acceptors (Lipinski definition) is 6. The van der Waals surface area contributed by atoms with Gasteiger partial charge in [-0.05, 0) is 12.5 Å². The lowest BCUT2D eigenvalue weighted by Gasteiger charge is -2.08. The third kappa shape index (κ3) is 2.08. The molecule has 16 heavy (non-hydrogen) atoms. The van der Waals surface area contributed by atoms with E-state index in [-0.39, 0.29) is 23.3 Å². The Labute approximate surface area is 93.7 Å². The van der Waals surface area contributed by atoms with Gasteiger partial charge < -0.3 is 10.5 Å². The van der Waals surface area contributed by atoms with Gasteiger partial charge in [0, 0.05) is 5.92 Å². The Morgan fingerprint density at radius 2 is 2.25 bits per heavy atom. The van der Waals surface area contributed by atoms with Crippen molar-refractivity contribution >= 4 is 15.5 Å². The van der Waals surface area contributed by atoms with E-state index in [1.165, 1.54) is 7.11 Å². The van der Waals surface area contributed by atoms with Crippen LogP contribution in [0.3, 0.4) is 0 Å². The highest BCUT2D eigenvalue weighted by Gasteiger charge is 2.30. The number of nitrogens with zero attached hydrogens (tertiary/aromatic N) is 2. The van der Waals surface area contributed by atoms with Crippen LogP contribution in [0.1, 0.15) is 18.0 Å². The predicted octanol–water partition coefficient (Wildman–Crippen LogP) is -0.0305. The quantitative estimate of drug-likeness (QED) is 0.783. The monoisotopic (exact) mass is 243 g/mol. The summed E-state index contributed by atoms with van der Waals surface area (Å²) in [6.07, 6.45) is 0.586. The molecule has 0 aromatic carbocycles. The second-order valence-corrected chi connectivity index (χ2v) is 6.06. The summed E-state index contributed by atoms with van der Waals surface area (Å²) in [7, 11) is -1.45. The zero-order chi connectivity index (χ0) is 11.8. The van der Waals surface area contributed by atoms with Crippen LogP contribution in [0.25, 0.3) is 0 Å². The van der Waals surface area contributed by atoms with Crippen molar-refractivity contribution in [2.45, 2.75) is 12.3 Å². The first-order valence-electron chi connectivity index (χ1n) is 4.89. The summed E-state index contributed by atoms with van der Waals surface area (Å²) in [6, 6.07) is 1.64. The average Bonchev–Trinajstić information content (AvgIpc) is 2.59. The molecule has 1 unspecified atom stereocenters. The zero-order valence-electron chi connectivity index (χ0n) is 8.88. The van der Waals surface area contributed by atoms with Crippen molar-refractivity contribution in [3.63, 3.8) is 0 Å². The largest absolute Gasteiger partial charge is 0.478 e. The molecule has 1 atom stereocenters. The minimum absolute atomic E-state index is 0.0919. The van der Waals surface area contributed by atoms with Gasteiger partial charge in [0.05, 0.1) is 30.0 Å². The molecular formula is C9H13N3O3S. The Morgan fingerprint density at radius 3 is 2.75 bits per heavy atom. The topological polar surface area (TPSA) is 95.2 Å².